The number of sulfone groups is 1. The zero-order chi connectivity index (χ0) is 21.9. The number of amides is 1. The Kier molecular flexibility index (Phi) is 6.43. The first kappa shape index (κ1) is 21.8. The zero-order valence-electron chi connectivity index (χ0n) is 17.3. The SMILES string of the molecule is CCC(O)NC(=O)Cc1cc(-c2ccc(S(C)(=O)=O)cc2)n(-c2ccccc2)c1C. The van der Waals surface area contributed by atoms with E-state index in [9.17, 15) is 18.3 Å². The second kappa shape index (κ2) is 8.85. The van der Waals surface area contributed by atoms with Crippen LogP contribution in [0.4, 0.5) is 0 Å². The van der Waals surface area contributed by atoms with Crippen LogP contribution in [-0.4, -0.2) is 36.5 Å². The summed E-state index contributed by atoms with van der Waals surface area (Å²) < 4.78 is 25.6. The van der Waals surface area contributed by atoms with E-state index in [1.807, 2.05) is 47.9 Å². The van der Waals surface area contributed by atoms with Crippen molar-refractivity contribution in [1.82, 2.24) is 9.88 Å². The molecule has 0 spiro atoms. The lowest BCUT2D eigenvalue weighted by atomic mass is 10.1. The predicted octanol–water partition coefficient (Wildman–Crippen LogP) is 3.24. The molecular formula is C23H26N2O4S. The average Bonchev–Trinajstić information content (AvgIpc) is 3.04. The van der Waals surface area contributed by atoms with Gasteiger partial charge in [-0.25, -0.2) is 8.42 Å². The lowest BCUT2D eigenvalue weighted by Crippen LogP contribution is -2.35. The Hall–Kier alpha value is -2.90. The fourth-order valence-corrected chi connectivity index (χ4v) is 3.97. The molecule has 6 nitrogen and oxygen atoms in total. The zero-order valence-corrected chi connectivity index (χ0v) is 18.1. The van der Waals surface area contributed by atoms with E-state index < -0.39 is 16.1 Å². The van der Waals surface area contributed by atoms with Gasteiger partial charge < -0.3 is 15.0 Å². The minimum atomic E-state index is -3.28. The fraction of sp³-hybridized carbons (Fsp3) is 0.261. The summed E-state index contributed by atoms with van der Waals surface area (Å²) in [6.07, 6.45) is 0.891. The van der Waals surface area contributed by atoms with Gasteiger partial charge in [-0.15, -0.1) is 0 Å². The number of para-hydroxylation sites is 1. The van der Waals surface area contributed by atoms with Crippen LogP contribution in [0.3, 0.4) is 0 Å². The number of aromatic nitrogens is 1. The molecule has 2 N–H and O–H groups in total. The normalized spacial score (nSPS) is 12.5. The molecule has 0 saturated carbocycles. The molecule has 7 heteroatoms. The number of benzene rings is 2. The molecule has 1 amide bonds. The third-order valence-electron chi connectivity index (χ3n) is 5.01. The van der Waals surface area contributed by atoms with E-state index in [-0.39, 0.29) is 17.2 Å². The van der Waals surface area contributed by atoms with Crippen LogP contribution < -0.4 is 5.32 Å². The summed E-state index contributed by atoms with van der Waals surface area (Å²) in [6, 6.07) is 18.4. The van der Waals surface area contributed by atoms with Crippen molar-refractivity contribution in [2.75, 3.05) is 6.26 Å². The van der Waals surface area contributed by atoms with E-state index >= 15 is 0 Å². The molecule has 3 rings (SSSR count). The highest BCUT2D eigenvalue weighted by Crippen LogP contribution is 2.30. The summed E-state index contributed by atoms with van der Waals surface area (Å²) in [6.45, 7) is 3.74. The number of rotatable bonds is 7. The van der Waals surface area contributed by atoms with Crippen molar-refractivity contribution in [3.63, 3.8) is 0 Å². The van der Waals surface area contributed by atoms with Gasteiger partial charge in [0.15, 0.2) is 9.84 Å². The molecule has 0 fully saturated rings. The lowest BCUT2D eigenvalue weighted by Gasteiger charge is -2.13. The summed E-state index contributed by atoms with van der Waals surface area (Å²) >= 11 is 0. The minimum absolute atomic E-state index is 0.136. The van der Waals surface area contributed by atoms with Gasteiger partial charge in [-0.2, -0.15) is 0 Å². The van der Waals surface area contributed by atoms with Gasteiger partial charge >= 0.3 is 0 Å². The Morgan fingerprint density at radius 3 is 2.30 bits per heavy atom. The van der Waals surface area contributed by atoms with Gasteiger partial charge in [0.1, 0.15) is 6.23 Å². The number of hydrogen-bond donors (Lipinski definition) is 2. The van der Waals surface area contributed by atoms with Crippen LogP contribution in [0.1, 0.15) is 24.6 Å². The molecule has 0 aliphatic carbocycles. The number of aliphatic hydroxyl groups is 1. The third-order valence-corrected chi connectivity index (χ3v) is 6.14. The highest BCUT2D eigenvalue weighted by molar-refractivity contribution is 7.90. The van der Waals surface area contributed by atoms with Gasteiger partial charge in [0.2, 0.25) is 5.91 Å². The number of carbonyl (C=O) groups is 1. The Balaban J connectivity index is 2.06. The first-order valence-corrected chi connectivity index (χ1v) is 11.6. The van der Waals surface area contributed by atoms with E-state index in [0.717, 1.165) is 28.2 Å². The summed E-state index contributed by atoms with van der Waals surface area (Å²) in [5.74, 6) is -0.253. The number of nitrogens with zero attached hydrogens (tertiary/aromatic N) is 1. The van der Waals surface area contributed by atoms with Gasteiger partial charge in [0.05, 0.1) is 17.0 Å². The number of aliphatic hydroxyl groups excluding tert-OH is 1. The van der Waals surface area contributed by atoms with Crippen LogP contribution in [-0.2, 0) is 21.1 Å². The van der Waals surface area contributed by atoms with Gasteiger partial charge in [-0.1, -0.05) is 37.3 Å². The molecule has 3 aromatic rings. The summed E-state index contributed by atoms with van der Waals surface area (Å²) in [5.41, 5.74) is 4.39. The van der Waals surface area contributed by atoms with Crippen molar-refractivity contribution in [2.45, 2.75) is 37.8 Å². The third kappa shape index (κ3) is 4.80. The van der Waals surface area contributed by atoms with Crippen LogP contribution in [0.5, 0.6) is 0 Å². The largest absolute Gasteiger partial charge is 0.374 e. The molecular weight excluding hydrogens is 400 g/mol. The molecule has 0 aliphatic rings. The molecule has 0 aliphatic heterocycles. The molecule has 0 radical (unpaired) electrons. The Labute approximate surface area is 177 Å². The van der Waals surface area contributed by atoms with Crippen molar-refractivity contribution < 1.29 is 18.3 Å². The highest BCUT2D eigenvalue weighted by Gasteiger charge is 2.18. The summed E-state index contributed by atoms with van der Waals surface area (Å²) in [5, 5.41) is 12.3. The number of nitrogens with one attached hydrogen (secondary N) is 1. The average molecular weight is 427 g/mol. The van der Waals surface area contributed by atoms with E-state index in [2.05, 4.69) is 5.32 Å². The topological polar surface area (TPSA) is 88.4 Å². The van der Waals surface area contributed by atoms with E-state index in [1.54, 1.807) is 31.2 Å². The molecule has 158 valence electrons. The maximum absolute atomic E-state index is 12.3. The Bertz CT molecular complexity index is 1130. The summed E-state index contributed by atoms with van der Waals surface area (Å²) in [4.78, 5) is 12.6. The van der Waals surface area contributed by atoms with Crippen molar-refractivity contribution >= 4 is 15.7 Å². The van der Waals surface area contributed by atoms with Crippen LogP contribution >= 0.6 is 0 Å². The molecule has 1 aromatic heterocycles. The van der Waals surface area contributed by atoms with Crippen molar-refractivity contribution in [3.8, 4) is 16.9 Å². The van der Waals surface area contributed by atoms with Crippen molar-refractivity contribution in [3.05, 3.63) is 71.9 Å². The highest BCUT2D eigenvalue weighted by atomic mass is 32.2. The van der Waals surface area contributed by atoms with Crippen LogP contribution in [0.15, 0.2) is 65.6 Å². The molecule has 1 unspecified atom stereocenters. The maximum Gasteiger partial charge on any atom is 0.226 e. The van der Waals surface area contributed by atoms with Crippen LogP contribution in [0, 0.1) is 6.92 Å². The van der Waals surface area contributed by atoms with E-state index in [4.69, 9.17) is 0 Å². The molecule has 1 heterocycles. The van der Waals surface area contributed by atoms with Crippen molar-refractivity contribution in [1.29, 1.82) is 0 Å². The van der Waals surface area contributed by atoms with E-state index in [0.29, 0.717) is 6.42 Å². The first-order chi connectivity index (χ1) is 14.2. The van der Waals surface area contributed by atoms with Crippen molar-refractivity contribution in [2.24, 2.45) is 0 Å². The molecule has 30 heavy (non-hydrogen) atoms. The quantitative estimate of drug-likeness (QED) is 0.568. The van der Waals surface area contributed by atoms with Gasteiger partial charge in [0.25, 0.3) is 0 Å². The maximum atomic E-state index is 12.3. The molecule has 1 atom stereocenters. The van der Waals surface area contributed by atoms with Crippen LogP contribution in [0.25, 0.3) is 16.9 Å². The Morgan fingerprint density at radius 2 is 1.73 bits per heavy atom. The fourth-order valence-electron chi connectivity index (χ4n) is 3.34. The number of carbonyl (C=O) groups excluding carboxylic acids is 1. The smallest absolute Gasteiger partial charge is 0.226 e. The van der Waals surface area contributed by atoms with E-state index in [1.165, 1.54) is 6.26 Å². The first-order valence-electron chi connectivity index (χ1n) is 9.75. The Morgan fingerprint density at radius 1 is 1.10 bits per heavy atom. The summed E-state index contributed by atoms with van der Waals surface area (Å²) in [7, 11) is -3.28. The number of hydrogen-bond acceptors (Lipinski definition) is 4. The standard InChI is InChI=1S/C23H26N2O4S/c1-4-22(26)24-23(27)15-18-14-21(17-10-12-20(13-11-17)30(3,28)29)25(16(18)2)19-8-6-5-7-9-19/h5-14,22,26H,4,15H2,1-3H3,(H,24,27). The minimum Gasteiger partial charge on any atom is -0.374 e. The van der Waals surface area contributed by atoms with Gasteiger partial charge in [-0.3, -0.25) is 4.79 Å². The van der Waals surface area contributed by atoms with Crippen LogP contribution in [0.2, 0.25) is 0 Å². The lowest BCUT2D eigenvalue weighted by molar-refractivity contribution is -0.123. The second-order valence-corrected chi connectivity index (χ2v) is 9.29. The second-order valence-electron chi connectivity index (χ2n) is 7.28. The van der Waals surface area contributed by atoms with Gasteiger partial charge in [-0.05, 0) is 54.8 Å². The molecule has 0 bridgehead atoms. The predicted molar refractivity (Wildman–Crippen MR) is 117 cm³/mol. The van der Waals surface area contributed by atoms with Gasteiger partial charge in [0, 0.05) is 17.6 Å². The molecule has 2 aromatic carbocycles. The molecule has 0 saturated heterocycles. The monoisotopic (exact) mass is 426 g/mol.